The van der Waals surface area contributed by atoms with Crippen LogP contribution in [0.1, 0.15) is 43.4 Å². The maximum atomic E-state index is 12.9. The van der Waals surface area contributed by atoms with E-state index in [1.165, 1.54) is 6.42 Å². The molecule has 1 N–H and O–H groups in total. The summed E-state index contributed by atoms with van der Waals surface area (Å²) in [6.07, 6.45) is 7.03. The van der Waals surface area contributed by atoms with E-state index >= 15 is 0 Å². The molecular formula is C19H23NO3. The number of amides is 1. The molecule has 4 nitrogen and oxygen atoms in total. The van der Waals surface area contributed by atoms with E-state index < -0.39 is 0 Å². The number of carbonyl (C=O) groups excluding carboxylic acids is 1. The second-order valence-corrected chi connectivity index (χ2v) is 6.24. The van der Waals surface area contributed by atoms with Gasteiger partial charge in [0.1, 0.15) is 11.5 Å². The Morgan fingerprint density at radius 3 is 2.57 bits per heavy atom. The Balaban J connectivity index is 1.78. The molecule has 0 radical (unpaired) electrons. The van der Waals surface area contributed by atoms with Gasteiger partial charge in [-0.15, -0.1) is 0 Å². The third-order valence-corrected chi connectivity index (χ3v) is 4.55. The molecule has 1 aliphatic carbocycles. The number of carbonyl (C=O) groups is 1. The number of aromatic hydroxyl groups is 1. The Bertz CT molecular complexity index is 630. The summed E-state index contributed by atoms with van der Waals surface area (Å²) in [7, 11) is 0. The highest BCUT2D eigenvalue weighted by atomic mass is 16.3. The van der Waals surface area contributed by atoms with Crippen LogP contribution in [0.25, 0.3) is 0 Å². The summed E-state index contributed by atoms with van der Waals surface area (Å²) < 4.78 is 5.41. The first-order chi connectivity index (χ1) is 11.2. The van der Waals surface area contributed by atoms with E-state index in [2.05, 4.69) is 0 Å². The molecule has 1 amide bonds. The first-order valence-corrected chi connectivity index (χ1v) is 8.32. The van der Waals surface area contributed by atoms with Crippen molar-refractivity contribution < 1.29 is 14.3 Å². The van der Waals surface area contributed by atoms with Crippen LogP contribution in [0.2, 0.25) is 0 Å². The number of rotatable bonds is 5. The van der Waals surface area contributed by atoms with Gasteiger partial charge in [-0.05, 0) is 31.0 Å². The molecule has 0 aliphatic heterocycles. The molecule has 1 aliphatic rings. The highest BCUT2D eigenvalue weighted by Gasteiger charge is 2.27. The molecule has 2 aromatic rings. The lowest BCUT2D eigenvalue weighted by atomic mass is 9.88. The third-order valence-electron chi connectivity index (χ3n) is 4.55. The van der Waals surface area contributed by atoms with Crippen molar-refractivity contribution in [2.75, 3.05) is 0 Å². The van der Waals surface area contributed by atoms with Gasteiger partial charge >= 0.3 is 0 Å². The minimum Gasteiger partial charge on any atom is -0.508 e. The summed E-state index contributed by atoms with van der Waals surface area (Å²) in [5.74, 6) is 1.27. The predicted molar refractivity (Wildman–Crippen MR) is 87.6 cm³/mol. The Morgan fingerprint density at radius 1 is 1.09 bits per heavy atom. The van der Waals surface area contributed by atoms with Gasteiger partial charge in [0, 0.05) is 18.0 Å². The fourth-order valence-electron chi connectivity index (χ4n) is 3.26. The second kappa shape index (κ2) is 7.36. The largest absolute Gasteiger partial charge is 0.508 e. The van der Waals surface area contributed by atoms with Gasteiger partial charge in [0.2, 0.25) is 5.91 Å². The first-order valence-electron chi connectivity index (χ1n) is 8.32. The third kappa shape index (κ3) is 3.95. The summed E-state index contributed by atoms with van der Waals surface area (Å²) in [6, 6.07) is 10.9. The fourth-order valence-corrected chi connectivity index (χ4v) is 3.26. The Morgan fingerprint density at radius 2 is 1.87 bits per heavy atom. The van der Waals surface area contributed by atoms with Crippen molar-refractivity contribution in [3.63, 3.8) is 0 Å². The van der Waals surface area contributed by atoms with Gasteiger partial charge in [-0.2, -0.15) is 0 Å². The van der Waals surface area contributed by atoms with Crippen LogP contribution in [-0.4, -0.2) is 15.9 Å². The molecule has 0 spiro atoms. The summed E-state index contributed by atoms with van der Waals surface area (Å²) in [5, 5.41) is 10.0. The fraction of sp³-hybridized carbons (Fsp3) is 0.421. The van der Waals surface area contributed by atoms with Crippen molar-refractivity contribution in [2.24, 2.45) is 5.92 Å². The highest BCUT2D eigenvalue weighted by Crippen LogP contribution is 2.28. The van der Waals surface area contributed by atoms with Crippen LogP contribution in [0, 0.1) is 5.92 Å². The molecule has 0 bridgehead atoms. The van der Waals surface area contributed by atoms with Crippen LogP contribution in [0.5, 0.6) is 5.75 Å². The van der Waals surface area contributed by atoms with Crippen LogP contribution in [-0.2, 0) is 17.9 Å². The molecule has 0 atom stereocenters. The minimum absolute atomic E-state index is 0.101. The van der Waals surface area contributed by atoms with Gasteiger partial charge in [-0.1, -0.05) is 37.5 Å². The Labute approximate surface area is 136 Å². The molecule has 0 unspecified atom stereocenters. The topological polar surface area (TPSA) is 53.7 Å². The summed E-state index contributed by atoms with van der Waals surface area (Å²) in [6.45, 7) is 0.847. The number of phenolic OH excluding ortho intramolecular Hbond substituents is 1. The first kappa shape index (κ1) is 15.7. The number of phenols is 1. The van der Waals surface area contributed by atoms with Crippen LogP contribution >= 0.6 is 0 Å². The molecule has 1 aromatic heterocycles. The van der Waals surface area contributed by atoms with Crippen LogP contribution in [0.15, 0.2) is 47.1 Å². The van der Waals surface area contributed by atoms with Crippen LogP contribution < -0.4 is 0 Å². The number of benzene rings is 1. The van der Waals surface area contributed by atoms with Gasteiger partial charge in [-0.25, -0.2) is 0 Å². The smallest absolute Gasteiger partial charge is 0.226 e. The zero-order valence-corrected chi connectivity index (χ0v) is 13.3. The van der Waals surface area contributed by atoms with E-state index in [1.54, 1.807) is 18.4 Å². The molecule has 1 saturated carbocycles. The van der Waals surface area contributed by atoms with Crippen LogP contribution in [0.3, 0.4) is 0 Å². The molecule has 1 heterocycles. The number of hydrogen-bond acceptors (Lipinski definition) is 3. The molecule has 1 fully saturated rings. The number of furan rings is 1. The second-order valence-electron chi connectivity index (χ2n) is 6.24. The molecule has 4 heteroatoms. The molecular weight excluding hydrogens is 290 g/mol. The van der Waals surface area contributed by atoms with Gasteiger partial charge in [0.25, 0.3) is 0 Å². The monoisotopic (exact) mass is 313 g/mol. The molecule has 122 valence electrons. The molecule has 1 aromatic carbocycles. The summed E-state index contributed by atoms with van der Waals surface area (Å²) in [4.78, 5) is 14.8. The maximum Gasteiger partial charge on any atom is 0.226 e. The van der Waals surface area contributed by atoms with E-state index in [-0.39, 0.29) is 17.6 Å². The lowest BCUT2D eigenvalue weighted by Gasteiger charge is -2.29. The van der Waals surface area contributed by atoms with Crippen molar-refractivity contribution in [2.45, 2.75) is 45.2 Å². The maximum absolute atomic E-state index is 12.9. The van der Waals surface area contributed by atoms with E-state index in [1.807, 2.05) is 29.2 Å². The van der Waals surface area contributed by atoms with Crippen molar-refractivity contribution in [3.8, 4) is 5.75 Å². The number of hydrogen-bond donors (Lipinski definition) is 1. The number of para-hydroxylation sites is 1. The van der Waals surface area contributed by atoms with E-state index in [9.17, 15) is 9.90 Å². The predicted octanol–water partition coefficient (Wildman–Crippen LogP) is 4.09. The minimum atomic E-state index is 0.101. The van der Waals surface area contributed by atoms with Crippen LogP contribution in [0.4, 0.5) is 0 Å². The Kier molecular flexibility index (Phi) is 5.01. The average Bonchev–Trinajstić information content (AvgIpc) is 3.09. The van der Waals surface area contributed by atoms with Crippen molar-refractivity contribution in [1.29, 1.82) is 0 Å². The molecule has 23 heavy (non-hydrogen) atoms. The molecule has 3 rings (SSSR count). The average molecular weight is 313 g/mol. The molecule has 0 saturated heterocycles. The van der Waals surface area contributed by atoms with Gasteiger partial charge < -0.3 is 14.4 Å². The van der Waals surface area contributed by atoms with Crippen molar-refractivity contribution in [1.82, 2.24) is 4.90 Å². The normalized spacial score (nSPS) is 15.5. The SMILES string of the molecule is O=C(C1CCCCC1)N(Cc1ccco1)Cc1ccccc1O. The van der Waals surface area contributed by atoms with Gasteiger partial charge in [0.05, 0.1) is 12.8 Å². The Hall–Kier alpha value is -2.23. The zero-order chi connectivity index (χ0) is 16.1. The number of nitrogens with zero attached hydrogens (tertiary/aromatic N) is 1. The van der Waals surface area contributed by atoms with E-state index in [0.29, 0.717) is 13.1 Å². The zero-order valence-electron chi connectivity index (χ0n) is 13.3. The standard InChI is InChI=1S/C19H23NO3/c21-18-11-5-4-9-16(18)13-20(14-17-10-6-12-23-17)19(22)15-7-2-1-3-8-15/h4-6,9-12,15,21H,1-3,7-8,13-14H2. The lowest BCUT2D eigenvalue weighted by molar-refractivity contribution is -0.138. The van der Waals surface area contributed by atoms with E-state index in [0.717, 1.165) is 37.0 Å². The highest BCUT2D eigenvalue weighted by molar-refractivity contribution is 5.79. The summed E-state index contributed by atoms with van der Waals surface area (Å²) >= 11 is 0. The van der Waals surface area contributed by atoms with E-state index in [4.69, 9.17) is 4.42 Å². The van der Waals surface area contributed by atoms with Crippen molar-refractivity contribution >= 4 is 5.91 Å². The quantitative estimate of drug-likeness (QED) is 0.904. The van der Waals surface area contributed by atoms with Crippen molar-refractivity contribution in [3.05, 3.63) is 54.0 Å². The van der Waals surface area contributed by atoms with Gasteiger partial charge in [0.15, 0.2) is 0 Å². The van der Waals surface area contributed by atoms with Gasteiger partial charge in [-0.3, -0.25) is 4.79 Å². The summed E-state index contributed by atoms with van der Waals surface area (Å²) in [5.41, 5.74) is 0.767. The lowest BCUT2D eigenvalue weighted by Crippen LogP contribution is -2.36.